The van der Waals surface area contributed by atoms with Gasteiger partial charge >= 0.3 is 5.97 Å². The standard InChI is InChI=1S/C22H15Cl2N3O4S/c1-12(28)27(15-4-6-16(30-2)7-5-15)22-25-14(11-32-22)10-19-21(29)31-20(26-19)13-3-8-17(23)18(24)9-13/h3-11H,1-2H3/b19-10-. The Labute approximate surface area is 197 Å². The molecular weight excluding hydrogens is 473 g/mol. The van der Waals surface area contributed by atoms with Crippen LogP contribution >= 0.6 is 34.5 Å². The number of halogens is 2. The highest BCUT2D eigenvalue weighted by atomic mass is 35.5. The summed E-state index contributed by atoms with van der Waals surface area (Å²) in [5, 5.41) is 2.89. The van der Waals surface area contributed by atoms with Gasteiger partial charge < -0.3 is 9.47 Å². The van der Waals surface area contributed by atoms with Crippen molar-refractivity contribution in [1.82, 2.24) is 4.98 Å². The van der Waals surface area contributed by atoms with Crippen LogP contribution < -0.4 is 9.64 Å². The molecule has 0 spiro atoms. The maximum atomic E-state index is 12.3. The third-order valence-electron chi connectivity index (χ3n) is 4.42. The smallest absolute Gasteiger partial charge is 0.363 e. The highest BCUT2D eigenvalue weighted by molar-refractivity contribution is 7.14. The van der Waals surface area contributed by atoms with Gasteiger partial charge in [0.25, 0.3) is 0 Å². The second-order valence-electron chi connectivity index (χ2n) is 6.57. The number of benzene rings is 2. The minimum absolute atomic E-state index is 0.0849. The largest absolute Gasteiger partial charge is 0.497 e. The van der Waals surface area contributed by atoms with Gasteiger partial charge in [-0.1, -0.05) is 23.2 Å². The summed E-state index contributed by atoms with van der Waals surface area (Å²) in [6.07, 6.45) is 1.50. The van der Waals surface area contributed by atoms with Crippen LogP contribution in [0.5, 0.6) is 5.75 Å². The van der Waals surface area contributed by atoms with Crippen molar-refractivity contribution in [2.45, 2.75) is 6.92 Å². The van der Waals surface area contributed by atoms with Gasteiger partial charge in [0.05, 0.1) is 28.5 Å². The number of nitrogens with zero attached hydrogens (tertiary/aromatic N) is 3. The first kappa shape index (κ1) is 22.0. The zero-order valence-corrected chi connectivity index (χ0v) is 19.2. The molecule has 0 aliphatic carbocycles. The number of aliphatic imine (C=N–C) groups is 1. The fraction of sp³-hybridized carbons (Fsp3) is 0.0909. The average molecular weight is 488 g/mol. The first-order chi connectivity index (χ1) is 15.4. The van der Waals surface area contributed by atoms with Crippen molar-refractivity contribution >= 4 is 69.2 Å². The van der Waals surface area contributed by atoms with E-state index in [0.29, 0.717) is 37.9 Å². The van der Waals surface area contributed by atoms with Crippen LogP contribution in [0.2, 0.25) is 10.0 Å². The van der Waals surface area contributed by atoms with Crippen molar-refractivity contribution in [2.24, 2.45) is 4.99 Å². The molecule has 0 unspecified atom stereocenters. The van der Waals surface area contributed by atoms with Crippen LogP contribution in [0.25, 0.3) is 6.08 Å². The number of thiazole rings is 1. The summed E-state index contributed by atoms with van der Waals surface area (Å²) in [4.78, 5) is 34.8. The van der Waals surface area contributed by atoms with E-state index in [2.05, 4.69) is 9.98 Å². The molecule has 2 aromatic carbocycles. The molecule has 10 heteroatoms. The highest BCUT2D eigenvalue weighted by Crippen LogP contribution is 2.31. The van der Waals surface area contributed by atoms with Gasteiger partial charge in [0, 0.05) is 17.9 Å². The third kappa shape index (κ3) is 4.52. The Kier molecular flexibility index (Phi) is 6.27. The molecule has 162 valence electrons. The lowest BCUT2D eigenvalue weighted by atomic mass is 10.2. The van der Waals surface area contributed by atoms with E-state index in [4.69, 9.17) is 32.7 Å². The number of carbonyl (C=O) groups excluding carboxylic acids is 2. The Morgan fingerprint density at radius 1 is 1.16 bits per heavy atom. The summed E-state index contributed by atoms with van der Waals surface area (Å²) in [6, 6.07) is 11.9. The summed E-state index contributed by atoms with van der Waals surface area (Å²) in [6.45, 7) is 1.45. The number of anilines is 2. The Balaban J connectivity index is 1.62. The van der Waals surface area contributed by atoms with E-state index in [1.54, 1.807) is 55.0 Å². The van der Waals surface area contributed by atoms with E-state index >= 15 is 0 Å². The molecule has 1 amide bonds. The second kappa shape index (κ2) is 9.12. The van der Waals surface area contributed by atoms with Crippen LogP contribution in [0.3, 0.4) is 0 Å². The molecule has 4 rings (SSSR count). The fourth-order valence-corrected chi connectivity index (χ4v) is 4.05. The zero-order valence-electron chi connectivity index (χ0n) is 16.8. The number of rotatable bonds is 5. The van der Waals surface area contributed by atoms with E-state index in [1.165, 1.54) is 29.2 Å². The molecule has 0 saturated heterocycles. The highest BCUT2D eigenvalue weighted by Gasteiger charge is 2.25. The Morgan fingerprint density at radius 3 is 2.56 bits per heavy atom. The predicted octanol–water partition coefficient (Wildman–Crippen LogP) is 5.49. The zero-order chi connectivity index (χ0) is 22.8. The van der Waals surface area contributed by atoms with Gasteiger partial charge in [-0.2, -0.15) is 0 Å². The summed E-state index contributed by atoms with van der Waals surface area (Å²) in [7, 11) is 1.57. The van der Waals surface area contributed by atoms with Crippen molar-refractivity contribution in [2.75, 3.05) is 12.0 Å². The van der Waals surface area contributed by atoms with Gasteiger partial charge in [0.2, 0.25) is 11.8 Å². The molecule has 1 aliphatic heterocycles. The van der Waals surface area contributed by atoms with Gasteiger partial charge in [-0.25, -0.2) is 14.8 Å². The molecule has 0 N–H and O–H groups in total. The lowest BCUT2D eigenvalue weighted by Crippen LogP contribution is -2.22. The summed E-state index contributed by atoms with van der Waals surface area (Å²) < 4.78 is 10.4. The molecule has 0 atom stereocenters. The van der Waals surface area contributed by atoms with Crippen molar-refractivity contribution in [1.29, 1.82) is 0 Å². The third-order valence-corrected chi connectivity index (χ3v) is 6.00. The van der Waals surface area contributed by atoms with E-state index in [-0.39, 0.29) is 17.5 Å². The molecule has 3 aromatic rings. The summed E-state index contributed by atoms with van der Waals surface area (Å²) in [5.41, 5.74) is 1.72. The number of cyclic esters (lactones) is 1. The normalized spacial score (nSPS) is 14.3. The van der Waals surface area contributed by atoms with Gasteiger partial charge in [-0.05, 0) is 48.5 Å². The predicted molar refractivity (Wildman–Crippen MR) is 125 cm³/mol. The summed E-state index contributed by atoms with van der Waals surface area (Å²) >= 11 is 13.2. The Bertz CT molecular complexity index is 1270. The molecule has 7 nitrogen and oxygen atoms in total. The molecule has 0 bridgehead atoms. The van der Waals surface area contributed by atoms with E-state index in [1.807, 2.05) is 0 Å². The van der Waals surface area contributed by atoms with Crippen molar-refractivity contribution < 1.29 is 19.1 Å². The quantitative estimate of drug-likeness (QED) is 0.351. The first-order valence-corrected chi connectivity index (χ1v) is 10.9. The van der Waals surface area contributed by atoms with Gasteiger partial charge in [-0.3, -0.25) is 9.69 Å². The fourth-order valence-electron chi connectivity index (χ4n) is 2.91. The Hall–Kier alpha value is -3.20. The van der Waals surface area contributed by atoms with Crippen molar-refractivity contribution in [3.05, 3.63) is 74.8 Å². The number of hydrogen-bond donors (Lipinski definition) is 0. The number of hydrogen-bond acceptors (Lipinski definition) is 7. The topological polar surface area (TPSA) is 81.1 Å². The van der Waals surface area contributed by atoms with Gasteiger partial charge in [0.1, 0.15) is 5.75 Å². The lowest BCUT2D eigenvalue weighted by molar-refractivity contribution is -0.130. The molecular formula is C22H15Cl2N3O4S. The molecule has 0 saturated carbocycles. The van der Waals surface area contributed by atoms with Crippen LogP contribution in [-0.2, 0) is 14.3 Å². The number of esters is 1. The van der Waals surface area contributed by atoms with Crippen LogP contribution in [0.1, 0.15) is 18.2 Å². The maximum absolute atomic E-state index is 12.3. The minimum atomic E-state index is -0.612. The van der Waals surface area contributed by atoms with Gasteiger partial charge in [0.15, 0.2) is 10.8 Å². The minimum Gasteiger partial charge on any atom is -0.497 e. The molecule has 0 fully saturated rings. The molecule has 0 radical (unpaired) electrons. The average Bonchev–Trinajstić information content (AvgIpc) is 3.37. The summed E-state index contributed by atoms with van der Waals surface area (Å²) in [5.74, 6) is -0.0146. The van der Waals surface area contributed by atoms with E-state index < -0.39 is 5.97 Å². The number of aromatic nitrogens is 1. The number of carbonyl (C=O) groups is 2. The molecule has 2 heterocycles. The first-order valence-electron chi connectivity index (χ1n) is 9.24. The lowest BCUT2D eigenvalue weighted by Gasteiger charge is -2.18. The van der Waals surface area contributed by atoms with Crippen molar-refractivity contribution in [3.63, 3.8) is 0 Å². The van der Waals surface area contributed by atoms with E-state index in [0.717, 1.165) is 0 Å². The SMILES string of the molecule is COc1ccc(N(C(C)=O)c2nc(/C=C3\N=C(c4ccc(Cl)c(Cl)c4)OC3=O)cs2)cc1. The van der Waals surface area contributed by atoms with E-state index in [9.17, 15) is 9.59 Å². The number of methoxy groups -OCH3 is 1. The molecule has 1 aromatic heterocycles. The Morgan fingerprint density at radius 2 is 1.91 bits per heavy atom. The van der Waals surface area contributed by atoms with Crippen LogP contribution in [0.4, 0.5) is 10.8 Å². The number of ether oxygens (including phenoxy) is 2. The maximum Gasteiger partial charge on any atom is 0.363 e. The second-order valence-corrected chi connectivity index (χ2v) is 8.22. The monoisotopic (exact) mass is 487 g/mol. The number of amides is 1. The molecule has 32 heavy (non-hydrogen) atoms. The van der Waals surface area contributed by atoms with Gasteiger partial charge in [-0.15, -0.1) is 11.3 Å². The molecule has 1 aliphatic rings. The van der Waals surface area contributed by atoms with Crippen LogP contribution in [-0.4, -0.2) is 29.9 Å². The van der Waals surface area contributed by atoms with Crippen LogP contribution in [0.15, 0.2) is 58.5 Å². The van der Waals surface area contributed by atoms with Crippen molar-refractivity contribution in [3.8, 4) is 5.75 Å². The van der Waals surface area contributed by atoms with Crippen LogP contribution in [0, 0.1) is 0 Å².